The molecule has 4 heterocycles. The molecule has 2 aliphatic rings. The maximum atomic E-state index is 13.9. The number of pyridine rings is 1. The fourth-order valence-electron chi connectivity index (χ4n) is 5.56. The minimum Gasteiger partial charge on any atom is -0.389 e. The maximum Gasteiger partial charge on any atom is 0.355 e. The lowest BCUT2D eigenvalue weighted by Gasteiger charge is -2.42. The van der Waals surface area contributed by atoms with E-state index < -0.39 is 18.0 Å². The van der Waals surface area contributed by atoms with Crippen LogP contribution < -0.4 is 15.5 Å². The molecule has 1 aromatic carbocycles. The Balaban J connectivity index is 1.74. The van der Waals surface area contributed by atoms with Crippen molar-refractivity contribution in [3.05, 3.63) is 63.6 Å². The van der Waals surface area contributed by atoms with E-state index in [1.165, 1.54) is 6.08 Å². The Hall–Kier alpha value is -2.98. The zero-order valence-electron chi connectivity index (χ0n) is 22.1. The zero-order chi connectivity index (χ0) is 27.1. The molecule has 0 aliphatic carbocycles. The summed E-state index contributed by atoms with van der Waals surface area (Å²) in [6.07, 6.45) is 1.88. The molecular weight excluding hydrogens is 504 g/mol. The summed E-state index contributed by atoms with van der Waals surface area (Å²) < 4.78 is 1.63. The SMILES string of the molecule is C=CC(O)N1CCN(c2nc(=O)n(-c3c(CC)cccc3CC)c3nc(N4CC(O)C4)c(Cl)cc23)[C@@H](C)C1. The number of aliphatic hydroxyl groups is 2. The van der Waals surface area contributed by atoms with Crippen LogP contribution in [0.3, 0.4) is 0 Å². The van der Waals surface area contributed by atoms with Crippen LogP contribution in [0, 0.1) is 0 Å². The van der Waals surface area contributed by atoms with Gasteiger partial charge in [-0.15, -0.1) is 0 Å². The lowest BCUT2D eigenvalue weighted by Crippen LogP contribution is -2.55. The van der Waals surface area contributed by atoms with Gasteiger partial charge in [0.05, 0.1) is 22.2 Å². The van der Waals surface area contributed by atoms with E-state index in [0.29, 0.717) is 60.4 Å². The Morgan fingerprint density at radius 3 is 2.39 bits per heavy atom. The fraction of sp³-hybridized carbons (Fsp3) is 0.464. The van der Waals surface area contributed by atoms with E-state index in [-0.39, 0.29) is 6.04 Å². The topological polar surface area (TPSA) is 98.0 Å². The first-order chi connectivity index (χ1) is 18.3. The van der Waals surface area contributed by atoms with Crippen molar-refractivity contribution < 1.29 is 10.2 Å². The Morgan fingerprint density at radius 2 is 1.82 bits per heavy atom. The van der Waals surface area contributed by atoms with E-state index in [1.807, 2.05) is 41.0 Å². The molecular formula is C28H35ClN6O3. The third-order valence-corrected chi connectivity index (χ3v) is 7.93. The quantitative estimate of drug-likeness (QED) is 0.443. The lowest BCUT2D eigenvalue weighted by molar-refractivity contribution is 0.0296. The van der Waals surface area contributed by atoms with Crippen molar-refractivity contribution in [2.75, 3.05) is 42.5 Å². The molecule has 38 heavy (non-hydrogen) atoms. The van der Waals surface area contributed by atoms with Crippen molar-refractivity contribution >= 4 is 34.3 Å². The van der Waals surface area contributed by atoms with E-state index >= 15 is 0 Å². The molecule has 9 nitrogen and oxygen atoms in total. The van der Waals surface area contributed by atoms with Gasteiger partial charge in [0.25, 0.3) is 0 Å². The van der Waals surface area contributed by atoms with E-state index in [2.05, 4.69) is 30.3 Å². The van der Waals surface area contributed by atoms with Gasteiger partial charge in [0.15, 0.2) is 5.65 Å². The van der Waals surface area contributed by atoms with Crippen LogP contribution in [0.15, 0.2) is 41.7 Å². The highest BCUT2D eigenvalue weighted by Gasteiger charge is 2.32. The van der Waals surface area contributed by atoms with E-state index in [9.17, 15) is 15.0 Å². The van der Waals surface area contributed by atoms with E-state index in [1.54, 1.807) is 4.57 Å². The smallest absolute Gasteiger partial charge is 0.355 e. The number of anilines is 2. The number of hydrogen-bond donors (Lipinski definition) is 2. The second-order valence-electron chi connectivity index (χ2n) is 10.1. The number of hydrogen-bond acceptors (Lipinski definition) is 8. The van der Waals surface area contributed by atoms with Gasteiger partial charge in [0.1, 0.15) is 17.9 Å². The predicted octanol–water partition coefficient (Wildman–Crippen LogP) is 2.75. The largest absolute Gasteiger partial charge is 0.389 e. The number of rotatable bonds is 7. The molecule has 3 aromatic rings. The van der Waals surface area contributed by atoms with Crippen LogP contribution >= 0.6 is 11.6 Å². The van der Waals surface area contributed by atoms with Gasteiger partial charge >= 0.3 is 5.69 Å². The Morgan fingerprint density at radius 1 is 1.13 bits per heavy atom. The van der Waals surface area contributed by atoms with Crippen LogP contribution in [0.1, 0.15) is 31.9 Å². The molecule has 10 heteroatoms. The minimum absolute atomic E-state index is 0.0255. The monoisotopic (exact) mass is 538 g/mol. The predicted molar refractivity (Wildman–Crippen MR) is 152 cm³/mol. The number of β-amino-alcohol motifs (C(OH)–C–C–N with tert-alkyl or cyclic N) is 1. The number of nitrogens with zero attached hydrogens (tertiary/aromatic N) is 6. The highest BCUT2D eigenvalue weighted by atomic mass is 35.5. The second kappa shape index (κ2) is 10.6. The highest BCUT2D eigenvalue weighted by molar-refractivity contribution is 6.33. The van der Waals surface area contributed by atoms with Gasteiger partial charge in [0.2, 0.25) is 0 Å². The number of fused-ring (bicyclic) bond motifs is 1. The van der Waals surface area contributed by atoms with E-state index in [0.717, 1.165) is 29.7 Å². The first kappa shape index (κ1) is 26.6. The average molecular weight is 539 g/mol. The summed E-state index contributed by atoms with van der Waals surface area (Å²) in [5, 5.41) is 21.3. The molecule has 2 atom stereocenters. The van der Waals surface area contributed by atoms with Crippen LogP contribution in [-0.2, 0) is 12.8 Å². The molecule has 0 saturated carbocycles. The first-order valence-electron chi connectivity index (χ1n) is 13.3. The molecule has 202 valence electrons. The van der Waals surface area contributed by atoms with Gasteiger partial charge in [-0.05, 0) is 43.0 Å². The Labute approximate surface area is 227 Å². The first-order valence-corrected chi connectivity index (χ1v) is 13.6. The molecule has 2 aliphatic heterocycles. The van der Waals surface area contributed by atoms with Crippen molar-refractivity contribution in [1.29, 1.82) is 0 Å². The highest BCUT2D eigenvalue weighted by Crippen LogP contribution is 2.36. The number of para-hydroxylation sites is 1. The summed E-state index contributed by atoms with van der Waals surface area (Å²) >= 11 is 6.77. The summed E-state index contributed by atoms with van der Waals surface area (Å²) in [7, 11) is 0. The van der Waals surface area contributed by atoms with Crippen molar-refractivity contribution in [3.8, 4) is 5.69 Å². The van der Waals surface area contributed by atoms with Crippen LogP contribution in [-0.4, -0.2) is 80.7 Å². The number of aromatic nitrogens is 3. The van der Waals surface area contributed by atoms with Crippen LogP contribution in [0.5, 0.6) is 0 Å². The summed E-state index contributed by atoms with van der Waals surface area (Å²) in [6.45, 7) is 12.5. The molecule has 2 fully saturated rings. The summed E-state index contributed by atoms with van der Waals surface area (Å²) in [6, 6.07) is 7.92. The van der Waals surface area contributed by atoms with Crippen molar-refractivity contribution in [2.45, 2.75) is 52.0 Å². The fourth-order valence-corrected chi connectivity index (χ4v) is 5.83. The summed E-state index contributed by atoms with van der Waals surface area (Å²) in [5.74, 6) is 1.09. The lowest BCUT2D eigenvalue weighted by atomic mass is 10.0. The molecule has 2 aromatic heterocycles. The zero-order valence-corrected chi connectivity index (χ0v) is 22.9. The maximum absolute atomic E-state index is 13.9. The molecule has 5 rings (SSSR count). The number of aryl methyl sites for hydroxylation is 2. The Bertz CT molecular complexity index is 1400. The summed E-state index contributed by atoms with van der Waals surface area (Å²) in [5.41, 5.74) is 3.01. The van der Waals surface area contributed by atoms with Gasteiger partial charge in [-0.25, -0.2) is 14.3 Å². The molecule has 0 bridgehead atoms. The third-order valence-electron chi connectivity index (χ3n) is 7.65. The van der Waals surface area contributed by atoms with Gasteiger partial charge in [-0.1, -0.05) is 50.2 Å². The van der Waals surface area contributed by atoms with E-state index in [4.69, 9.17) is 16.6 Å². The van der Waals surface area contributed by atoms with Gasteiger partial charge < -0.3 is 20.0 Å². The van der Waals surface area contributed by atoms with Gasteiger partial charge in [-0.3, -0.25) is 4.90 Å². The van der Waals surface area contributed by atoms with Crippen molar-refractivity contribution in [3.63, 3.8) is 0 Å². The normalized spacial score (nSPS) is 19.6. The standard InChI is InChI=1S/C28H35ClN6O3/c1-5-18-9-8-10-19(6-2)24(18)35-26-21(13-22(29)27(30-26)33-15-20(36)16-33)25(31-28(35)38)34-12-11-32(14-17(34)4)23(37)7-3/h7-10,13,17,20,23,36-37H,3,5-6,11-12,14-16H2,1-2,4H3/t17-,23?/m0/s1. The molecule has 2 saturated heterocycles. The number of halogens is 1. The molecule has 1 unspecified atom stereocenters. The van der Waals surface area contributed by atoms with Crippen LogP contribution in [0.25, 0.3) is 16.7 Å². The van der Waals surface area contributed by atoms with Crippen LogP contribution in [0.2, 0.25) is 5.02 Å². The average Bonchev–Trinajstić information content (AvgIpc) is 2.90. The Kier molecular flexibility index (Phi) is 7.46. The molecule has 0 amide bonds. The summed E-state index contributed by atoms with van der Waals surface area (Å²) in [4.78, 5) is 29.5. The second-order valence-corrected chi connectivity index (χ2v) is 10.5. The molecule has 0 radical (unpaired) electrons. The van der Waals surface area contributed by atoms with Crippen molar-refractivity contribution in [1.82, 2.24) is 19.4 Å². The number of benzene rings is 1. The van der Waals surface area contributed by atoms with Crippen LogP contribution in [0.4, 0.5) is 11.6 Å². The van der Waals surface area contributed by atoms with Gasteiger partial charge in [-0.2, -0.15) is 4.98 Å². The minimum atomic E-state index is -0.721. The number of aliphatic hydroxyl groups excluding tert-OH is 2. The molecule has 0 spiro atoms. The van der Waals surface area contributed by atoms with Crippen molar-refractivity contribution in [2.24, 2.45) is 0 Å². The number of piperazine rings is 1. The molecule has 2 N–H and O–H groups in total. The van der Waals surface area contributed by atoms with Gasteiger partial charge in [0, 0.05) is 38.8 Å². The third kappa shape index (κ3) is 4.58.